The summed E-state index contributed by atoms with van der Waals surface area (Å²) in [5.41, 5.74) is 3.02. The van der Waals surface area contributed by atoms with Gasteiger partial charge in [-0.1, -0.05) is 18.2 Å². The van der Waals surface area contributed by atoms with Gasteiger partial charge in [0.05, 0.1) is 17.4 Å². The third-order valence-electron chi connectivity index (χ3n) is 4.07. The second-order valence-electron chi connectivity index (χ2n) is 5.59. The number of rotatable bonds is 2. The number of aromatic nitrogens is 1. The van der Waals surface area contributed by atoms with Crippen LogP contribution in [0.2, 0.25) is 0 Å². The van der Waals surface area contributed by atoms with Crippen molar-refractivity contribution in [3.05, 3.63) is 53.9 Å². The van der Waals surface area contributed by atoms with E-state index in [1.54, 1.807) is 0 Å². The van der Waals surface area contributed by atoms with Crippen LogP contribution < -0.4 is 10.0 Å². The van der Waals surface area contributed by atoms with E-state index < -0.39 is 12.0 Å². The van der Waals surface area contributed by atoms with Crippen molar-refractivity contribution < 1.29 is 14.8 Å². The molecule has 104 valence electrons. The molecule has 2 heterocycles. The van der Waals surface area contributed by atoms with E-state index in [1.165, 1.54) is 0 Å². The Morgan fingerprint density at radius 1 is 1.30 bits per heavy atom. The number of fused-ring (bicyclic) bond motifs is 3. The quantitative estimate of drug-likeness (QED) is 0.840. The number of carboxylic acid groups (broad SMARTS) is 1. The van der Waals surface area contributed by atoms with Gasteiger partial charge in [-0.3, -0.25) is 0 Å². The van der Waals surface area contributed by atoms with Gasteiger partial charge in [0.2, 0.25) is 0 Å². The molecule has 0 saturated carbocycles. The van der Waals surface area contributed by atoms with Crippen molar-refractivity contribution in [3.8, 4) is 5.69 Å². The Morgan fingerprint density at radius 2 is 2.05 bits per heavy atom. The summed E-state index contributed by atoms with van der Waals surface area (Å²) in [6.07, 6.45) is 1.92. The fraction of sp³-hybridized carbons (Fsp3) is 0.312. The summed E-state index contributed by atoms with van der Waals surface area (Å²) in [5.74, 6) is -1.01. The minimum absolute atomic E-state index is 0.201. The number of carbonyl (C=O) groups excluding carboxylic acids is 1. The smallest absolute Gasteiger partial charge is 0.169 e. The van der Waals surface area contributed by atoms with E-state index in [4.69, 9.17) is 0 Å². The topological polar surface area (TPSA) is 49.5 Å². The van der Waals surface area contributed by atoms with Gasteiger partial charge in [-0.2, -0.15) is 0 Å². The number of hydrogen-bond acceptors (Lipinski definition) is 2. The Bertz CT molecular complexity index is 645. The Balaban J connectivity index is 2.24. The Hall–Kier alpha value is -2.07. The lowest BCUT2D eigenvalue weighted by atomic mass is 10.1. The Morgan fingerprint density at radius 3 is 2.75 bits per heavy atom. The molecule has 0 radical (unpaired) electrons. The van der Waals surface area contributed by atoms with Crippen molar-refractivity contribution in [2.75, 3.05) is 0 Å². The Labute approximate surface area is 118 Å². The molecule has 1 aliphatic heterocycles. The molecule has 1 unspecified atom stereocenters. The van der Waals surface area contributed by atoms with Crippen molar-refractivity contribution >= 4 is 5.97 Å². The molecule has 0 fully saturated rings. The van der Waals surface area contributed by atoms with Gasteiger partial charge in [-0.15, -0.1) is 0 Å². The average molecular weight is 270 g/mol. The number of carbonyl (C=O) groups is 1. The molecule has 1 aromatic heterocycles. The number of benzene rings is 1. The van der Waals surface area contributed by atoms with Crippen LogP contribution in [0.5, 0.6) is 0 Å². The minimum atomic E-state index is -1.01. The predicted molar refractivity (Wildman–Crippen MR) is 73.3 cm³/mol. The van der Waals surface area contributed by atoms with E-state index in [2.05, 4.69) is 6.07 Å². The molecule has 20 heavy (non-hydrogen) atoms. The van der Waals surface area contributed by atoms with E-state index in [0.29, 0.717) is 6.54 Å². The third kappa shape index (κ3) is 1.93. The van der Waals surface area contributed by atoms with Crippen molar-refractivity contribution in [1.29, 1.82) is 0 Å². The molecule has 0 aliphatic carbocycles. The average Bonchev–Trinajstić information content (AvgIpc) is 2.82. The fourth-order valence-corrected chi connectivity index (χ4v) is 3.07. The zero-order chi connectivity index (χ0) is 14.3. The van der Waals surface area contributed by atoms with Gasteiger partial charge in [0.15, 0.2) is 6.04 Å². The molecule has 0 saturated heterocycles. The molecule has 0 amide bonds. The number of para-hydroxylation sites is 1. The maximum absolute atomic E-state index is 11.7. The first kappa shape index (κ1) is 12.9. The summed E-state index contributed by atoms with van der Waals surface area (Å²) in [6.45, 7) is 4.78. The maximum atomic E-state index is 11.7. The molecule has 3 rings (SSSR count). The summed E-state index contributed by atoms with van der Waals surface area (Å²) < 4.78 is 1.98. The van der Waals surface area contributed by atoms with Crippen LogP contribution in [0.4, 0.5) is 0 Å². The SMILES string of the molecule is CC(C)[NH+]1Cc2ccccc2-n2cccc2[C@@H]1C(=O)[O-]. The van der Waals surface area contributed by atoms with E-state index in [-0.39, 0.29) is 6.04 Å². The van der Waals surface area contributed by atoms with Crippen LogP contribution in [-0.2, 0) is 11.3 Å². The predicted octanol–water partition coefficient (Wildman–Crippen LogP) is 0.0752. The zero-order valence-corrected chi connectivity index (χ0v) is 11.7. The highest BCUT2D eigenvalue weighted by Gasteiger charge is 2.34. The lowest BCUT2D eigenvalue weighted by molar-refractivity contribution is -0.958. The van der Waals surface area contributed by atoms with Crippen molar-refractivity contribution in [2.45, 2.75) is 32.5 Å². The molecular formula is C16H18N2O2. The number of nitrogens with zero attached hydrogens (tertiary/aromatic N) is 1. The first-order chi connectivity index (χ1) is 9.59. The first-order valence-corrected chi connectivity index (χ1v) is 6.91. The van der Waals surface area contributed by atoms with Crippen LogP contribution in [-0.4, -0.2) is 16.6 Å². The molecule has 1 N–H and O–H groups in total. The summed E-state index contributed by atoms with van der Waals surface area (Å²) in [7, 11) is 0. The van der Waals surface area contributed by atoms with Crippen LogP contribution in [0, 0.1) is 0 Å². The van der Waals surface area contributed by atoms with E-state index in [9.17, 15) is 9.90 Å². The highest BCUT2D eigenvalue weighted by Crippen LogP contribution is 2.23. The van der Waals surface area contributed by atoms with Crippen LogP contribution in [0.15, 0.2) is 42.6 Å². The van der Waals surface area contributed by atoms with Crippen LogP contribution in [0.1, 0.15) is 31.1 Å². The van der Waals surface area contributed by atoms with Gasteiger partial charge in [0, 0.05) is 11.8 Å². The number of quaternary nitrogens is 1. The van der Waals surface area contributed by atoms with Crippen molar-refractivity contribution in [1.82, 2.24) is 4.57 Å². The van der Waals surface area contributed by atoms with Gasteiger partial charge >= 0.3 is 0 Å². The van der Waals surface area contributed by atoms with Gasteiger partial charge in [0.25, 0.3) is 0 Å². The largest absolute Gasteiger partial charge is 0.544 e. The molecule has 4 nitrogen and oxygen atoms in total. The summed E-state index contributed by atoms with van der Waals surface area (Å²) >= 11 is 0. The monoisotopic (exact) mass is 270 g/mol. The highest BCUT2D eigenvalue weighted by atomic mass is 16.4. The van der Waals surface area contributed by atoms with E-state index in [1.807, 2.05) is 54.9 Å². The van der Waals surface area contributed by atoms with Gasteiger partial charge in [-0.05, 0) is 32.0 Å². The van der Waals surface area contributed by atoms with Crippen LogP contribution >= 0.6 is 0 Å². The molecule has 2 aromatic rings. The lowest BCUT2D eigenvalue weighted by Gasteiger charge is -2.30. The van der Waals surface area contributed by atoms with E-state index in [0.717, 1.165) is 21.8 Å². The molecule has 1 aromatic carbocycles. The number of hydrogen-bond donors (Lipinski definition) is 1. The zero-order valence-electron chi connectivity index (χ0n) is 11.7. The molecule has 0 spiro atoms. The number of carboxylic acids is 1. The first-order valence-electron chi connectivity index (χ1n) is 6.91. The van der Waals surface area contributed by atoms with Gasteiger partial charge in [0.1, 0.15) is 12.5 Å². The van der Waals surface area contributed by atoms with Crippen LogP contribution in [0.3, 0.4) is 0 Å². The highest BCUT2D eigenvalue weighted by molar-refractivity contribution is 5.72. The van der Waals surface area contributed by atoms with E-state index >= 15 is 0 Å². The summed E-state index contributed by atoms with van der Waals surface area (Å²) in [5, 5.41) is 11.7. The normalized spacial score (nSPS) is 21.1. The maximum Gasteiger partial charge on any atom is 0.169 e. The van der Waals surface area contributed by atoms with Gasteiger partial charge in [-0.25, -0.2) is 0 Å². The minimum Gasteiger partial charge on any atom is -0.544 e. The standard InChI is InChI=1S/C16H18N2O2/c1-11(2)18-10-12-6-3-4-7-13(12)17-9-5-8-14(17)15(18)16(19)20/h3-9,11,15H,10H2,1-2H3,(H,19,20)/t15-/m1/s1. The summed E-state index contributed by atoms with van der Waals surface area (Å²) in [4.78, 5) is 12.7. The molecule has 4 heteroatoms. The number of aliphatic carboxylic acids is 1. The third-order valence-corrected chi connectivity index (χ3v) is 4.07. The second-order valence-corrected chi connectivity index (χ2v) is 5.59. The fourth-order valence-electron chi connectivity index (χ4n) is 3.07. The lowest BCUT2D eigenvalue weighted by Crippen LogP contribution is -3.15. The second kappa shape index (κ2) is 4.80. The van der Waals surface area contributed by atoms with Gasteiger partial charge < -0.3 is 19.4 Å². The van der Waals surface area contributed by atoms with Crippen molar-refractivity contribution in [3.63, 3.8) is 0 Å². The molecule has 1 aliphatic rings. The van der Waals surface area contributed by atoms with Crippen LogP contribution in [0.25, 0.3) is 5.69 Å². The molecular weight excluding hydrogens is 252 g/mol. The molecule has 0 bridgehead atoms. The summed E-state index contributed by atoms with van der Waals surface area (Å²) in [6, 6.07) is 11.4. The number of nitrogens with one attached hydrogen (secondary N) is 1. The molecule has 2 atom stereocenters. The Kier molecular flexibility index (Phi) is 3.10. The van der Waals surface area contributed by atoms with Crippen molar-refractivity contribution in [2.24, 2.45) is 0 Å².